The molecular weight excluding hydrogens is 232 g/mol. The minimum atomic E-state index is -1.10. The highest BCUT2D eigenvalue weighted by Crippen LogP contribution is 2.07. The summed E-state index contributed by atoms with van der Waals surface area (Å²) in [6.07, 6.45) is 0. The van der Waals surface area contributed by atoms with Crippen molar-refractivity contribution in [2.24, 2.45) is 5.73 Å². The summed E-state index contributed by atoms with van der Waals surface area (Å²) in [5.74, 6) is -0.417. The smallest absolute Gasteiger partial charge is 0.270 e. The van der Waals surface area contributed by atoms with Gasteiger partial charge in [-0.2, -0.15) is 0 Å². The van der Waals surface area contributed by atoms with Gasteiger partial charge in [0.25, 0.3) is 5.91 Å². The van der Waals surface area contributed by atoms with E-state index in [9.17, 15) is 9.59 Å². The number of nitrogens with one attached hydrogen (secondary N) is 2. The molecule has 0 aliphatic heterocycles. The van der Waals surface area contributed by atoms with Crippen molar-refractivity contribution >= 4 is 17.6 Å². The molecule has 0 radical (unpaired) electrons. The van der Waals surface area contributed by atoms with Crippen molar-refractivity contribution in [1.82, 2.24) is 10.3 Å². The summed E-state index contributed by atoms with van der Waals surface area (Å²) >= 11 is 0. The lowest BCUT2D eigenvalue weighted by Crippen LogP contribution is -2.53. The van der Waals surface area contributed by atoms with Gasteiger partial charge in [-0.3, -0.25) is 9.59 Å². The zero-order valence-corrected chi connectivity index (χ0v) is 10.8. The lowest BCUT2D eigenvalue weighted by atomic mass is 10.1. The Morgan fingerprint density at radius 1 is 1.39 bits per heavy atom. The summed E-state index contributed by atoms with van der Waals surface area (Å²) in [6, 6.07) is 5.06. The summed E-state index contributed by atoms with van der Waals surface area (Å²) in [5, 5.41) is 5.54. The van der Waals surface area contributed by atoms with E-state index in [-0.39, 0.29) is 5.69 Å². The van der Waals surface area contributed by atoms with Crippen molar-refractivity contribution in [3.05, 3.63) is 23.9 Å². The van der Waals surface area contributed by atoms with Gasteiger partial charge in [0.05, 0.1) is 0 Å². The summed E-state index contributed by atoms with van der Waals surface area (Å²) in [7, 11) is 0. The Morgan fingerprint density at radius 3 is 2.61 bits per heavy atom. The van der Waals surface area contributed by atoms with E-state index in [2.05, 4.69) is 15.6 Å². The molecule has 0 saturated heterocycles. The molecule has 0 unspecified atom stereocenters. The molecule has 4 N–H and O–H groups in total. The molecule has 0 fully saturated rings. The Kier molecular flexibility index (Phi) is 4.25. The first kappa shape index (κ1) is 14.0. The fraction of sp³-hybridized carbons (Fsp3) is 0.417. The molecule has 1 aromatic heterocycles. The average Bonchev–Trinajstić information content (AvgIpc) is 2.29. The second kappa shape index (κ2) is 5.48. The van der Waals surface area contributed by atoms with Crippen LogP contribution in [0.25, 0.3) is 0 Å². The van der Waals surface area contributed by atoms with Crippen molar-refractivity contribution in [2.45, 2.75) is 26.3 Å². The molecule has 0 spiro atoms. The first-order valence-electron chi connectivity index (χ1n) is 5.70. The number of anilines is 1. The molecule has 2 amide bonds. The molecular formula is C12H18N4O2. The van der Waals surface area contributed by atoms with Crippen LogP contribution in [0.15, 0.2) is 18.2 Å². The molecule has 6 nitrogen and oxygen atoms in total. The fourth-order valence-corrected chi connectivity index (χ4v) is 1.25. The Bertz CT molecular complexity index is 457. The molecule has 1 aromatic rings. The van der Waals surface area contributed by atoms with Crippen LogP contribution in [0.3, 0.4) is 0 Å². The predicted molar refractivity (Wildman–Crippen MR) is 69.1 cm³/mol. The Balaban J connectivity index is 2.84. The number of hydrogen-bond donors (Lipinski definition) is 3. The Morgan fingerprint density at radius 2 is 2.06 bits per heavy atom. The number of pyridine rings is 1. The molecule has 0 saturated carbocycles. The van der Waals surface area contributed by atoms with E-state index in [4.69, 9.17) is 5.73 Å². The van der Waals surface area contributed by atoms with Crippen LogP contribution >= 0.6 is 0 Å². The maximum atomic E-state index is 11.9. The molecule has 0 aliphatic carbocycles. The molecule has 0 atom stereocenters. The van der Waals surface area contributed by atoms with Gasteiger partial charge in [0.1, 0.15) is 17.1 Å². The Hall–Kier alpha value is -2.11. The zero-order chi connectivity index (χ0) is 13.8. The highest BCUT2D eigenvalue weighted by Gasteiger charge is 2.27. The van der Waals surface area contributed by atoms with E-state index in [1.54, 1.807) is 32.0 Å². The predicted octanol–water partition coefficient (Wildman–Crippen LogP) is 0.507. The number of amides is 2. The van der Waals surface area contributed by atoms with E-state index in [1.807, 2.05) is 6.92 Å². The molecule has 0 bridgehead atoms. The van der Waals surface area contributed by atoms with Crippen molar-refractivity contribution in [3.63, 3.8) is 0 Å². The van der Waals surface area contributed by atoms with Crippen molar-refractivity contribution in [2.75, 3.05) is 11.9 Å². The van der Waals surface area contributed by atoms with E-state index in [0.717, 1.165) is 0 Å². The number of primary amides is 1. The third-order valence-corrected chi connectivity index (χ3v) is 2.38. The van der Waals surface area contributed by atoms with E-state index < -0.39 is 17.4 Å². The van der Waals surface area contributed by atoms with Crippen molar-refractivity contribution in [1.29, 1.82) is 0 Å². The normalized spacial score (nSPS) is 10.8. The minimum absolute atomic E-state index is 0.239. The lowest BCUT2D eigenvalue weighted by molar-refractivity contribution is -0.122. The molecule has 6 heteroatoms. The number of hydrogen-bond acceptors (Lipinski definition) is 4. The average molecular weight is 250 g/mol. The summed E-state index contributed by atoms with van der Waals surface area (Å²) in [4.78, 5) is 27.2. The maximum Gasteiger partial charge on any atom is 0.270 e. The maximum absolute atomic E-state index is 11.9. The highest BCUT2D eigenvalue weighted by atomic mass is 16.2. The van der Waals surface area contributed by atoms with E-state index in [0.29, 0.717) is 12.4 Å². The number of carbonyl (C=O) groups excluding carboxylic acids is 2. The lowest BCUT2D eigenvalue weighted by Gasteiger charge is -2.21. The van der Waals surface area contributed by atoms with Crippen LogP contribution < -0.4 is 16.4 Å². The van der Waals surface area contributed by atoms with Gasteiger partial charge < -0.3 is 16.4 Å². The SMILES string of the molecule is CCNc1cccc(C(=O)NC(C)(C)C(N)=O)n1. The van der Waals surface area contributed by atoms with Gasteiger partial charge in [-0.25, -0.2) is 4.98 Å². The van der Waals surface area contributed by atoms with Gasteiger partial charge in [-0.05, 0) is 32.9 Å². The van der Waals surface area contributed by atoms with Gasteiger partial charge in [0.15, 0.2) is 0 Å². The van der Waals surface area contributed by atoms with Gasteiger partial charge in [0, 0.05) is 6.54 Å². The van der Waals surface area contributed by atoms with Crippen LogP contribution in [0.2, 0.25) is 0 Å². The second-order valence-electron chi connectivity index (χ2n) is 4.38. The van der Waals surface area contributed by atoms with Crippen LogP contribution in [-0.4, -0.2) is 28.9 Å². The topological polar surface area (TPSA) is 97.1 Å². The monoisotopic (exact) mass is 250 g/mol. The van der Waals surface area contributed by atoms with Gasteiger partial charge >= 0.3 is 0 Å². The second-order valence-corrected chi connectivity index (χ2v) is 4.38. The van der Waals surface area contributed by atoms with Crippen molar-refractivity contribution < 1.29 is 9.59 Å². The van der Waals surface area contributed by atoms with Gasteiger partial charge in [-0.1, -0.05) is 6.07 Å². The quantitative estimate of drug-likeness (QED) is 0.709. The third-order valence-electron chi connectivity index (χ3n) is 2.38. The molecule has 1 heterocycles. The molecule has 1 rings (SSSR count). The van der Waals surface area contributed by atoms with Crippen LogP contribution in [0.5, 0.6) is 0 Å². The van der Waals surface area contributed by atoms with E-state index >= 15 is 0 Å². The van der Waals surface area contributed by atoms with Crippen LogP contribution in [0.1, 0.15) is 31.3 Å². The summed E-state index contributed by atoms with van der Waals surface area (Å²) in [5.41, 5.74) is 4.32. The standard InChI is InChI=1S/C12H18N4O2/c1-4-14-9-7-5-6-8(15-9)10(17)16-12(2,3)11(13)18/h5-7H,4H2,1-3H3,(H2,13,18)(H,14,15)(H,16,17). The number of carbonyl (C=O) groups is 2. The number of nitrogens with two attached hydrogens (primary N) is 1. The number of nitrogens with zero attached hydrogens (tertiary/aromatic N) is 1. The Labute approximate surface area is 106 Å². The van der Waals surface area contributed by atoms with Gasteiger partial charge in [0.2, 0.25) is 5.91 Å². The van der Waals surface area contributed by atoms with Gasteiger partial charge in [-0.15, -0.1) is 0 Å². The number of aromatic nitrogens is 1. The molecule has 0 aromatic carbocycles. The zero-order valence-electron chi connectivity index (χ0n) is 10.8. The minimum Gasteiger partial charge on any atom is -0.370 e. The first-order chi connectivity index (χ1) is 8.36. The number of rotatable bonds is 5. The molecule has 98 valence electrons. The van der Waals surface area contributed by atoms with Crippen LogP contribution in [-0.2, 0) is 4.79 Å². The molecule has 0 aliphatic rings. The van der Waals surface area contributed by atoms with E-state index in [1.165, 1.54) is 0 Å². The van der Waals surface area contributed by atoms with Crippen molar-refractivity contribution in [3.8, 4) is 0 Å². The van der Waals surface area contributed by atoms with Crippen LogP contribution in [0, 0.1) is 0 Å². The molecule has 18 heavy (non-hydrogen) atoms. The summed E-state index contributed by atoms with van der Waals surface area (Å²) < 4.78 is 0. The fourth-order valence-electron chi connectivity index (χ4n) is 1.25. The summed E-state index contributed by atoms with van der Waals surface area (Å²) in [6.45, 7) is 5.73. The third kappa shape index (κ3) is 3.44. The largest absolute Gasteiger partial charge is 0.370 e. The van der Waals surface area contributed by atoms with Crippen LogP contribution in [0.4, 0.5) is 5.82 Å². The first-order valence-corrected chi connectivity index (χ1v) is 5.70. The highest BCUT2D eigenvalue weighted by molar-refractivity contribution is 5.97.